The summed E-state index contributed by atoms with van der Waals surface area (Å²) in [5.74, 6) is -0.337. The average Bonchev–Trinajstić information content (AvgIpc) is 2.47. The van der Waals surface area contributed by atoms with Gasteiger partial charge in [0.1, 0.15) is 0 Å². The molecule has 1 aliphatic heterocycles. The lowest BCUT2D eigenvalue weighted by Crippen LogP contribution is -2.29. The first-order chi connectivity index (χ1) is 8.64. The molecule has 1 heterocycles. The molecule has 0 aromatic heterocycles. The molecule has 3 heteroatoms. The molecule has 1 aromatic rings. The van der Waals surface area contributed by atoms with Gasteiger partial charge in [0.05, 0.1) is 0 Å². The van der Waals surface area contributed by atoms with Gasteiger partial charge in [-0.15, -0.1) is 0 Å². The molecule has 102 valence electrons. The van der Waals surface area contributed by atoms with E-state index in [0.717, 1.165) is 5.56 Å². The third kappa shape index (κ3) is 2.43. The topological polar surface area (TPSA) is 43.1 Å². The third-order valence-corrected chi connectivity index (χ3v) is 5.33. The standard InChI is InChI=1S/C16H24BNO/c1-11-8-12(6-7-13(11)14(18)19)17-9-15(2,3)16(4,5)10-17/h6-8H,9-10H2,1-5H3,(H2,18,19). The fraction of sp³-hybridized carbons (Fsp3) is 0.562. The van der Waals surface area contributed by atoms with E-state index in [1.165, 1.54) is 18.1 Å². The van der Waals surface area contributed by atoms with Crippen LogP contribution in [0.4, 0.5) is 0 Å². The van der Waals surface area contributed by atoms with Crippen LogP contribution in [0.5, 0.6) is 0 Å². The Morgan fingerprint density at radius 1 is 1.16 bits per heavy atom. The maximum absolute atomic E-state index is 11.3. The second-order valence-electron chi connectivity index (χ2n) is 7.31. The second-order valence-corrected chi connectivity index (χ2v) is 7.31. The van der Waals surface area contributed by atoms with Crippen LogP contribution in [0, 0.1) is 17.8 Å². The summed E-state index contributed by atoms with van der Waals surface area (Å²) in [5, 5.41) is 0. The molecule has 19 heavy (non-hydrogen) atoms. The van der Waals surface area contributed by atoms with Gasteiger partial charge in [-0.1, -0.05) is 57.9 Å². The van der Waals surface area contributed by atoms with E-state index in [4.69, 9.17) is 5.73 Å². The summed E-state index contributed by atoms with van der Waals surface area (Å²) >= 11 is 0. The first kappa shape index (κ1) is 14.2. The molecule has 0 unspecified atom stereocenters. The smallest absolute Gasteiger partial charge is 0.248 e. The quantitative estimate of drug-likeness (QED) is 0.813. The van der Waals surface area contributed by atoms with Gasteiger partial charge in [0.25, 0.3) is 0 Å². The van der Waals surface area contributed by atoms with Crippen molar-refractivity contribution in [1.82, 2.24) is 0 Å². The van der Waals surface area contributed by atoms with Crippen LogP contribution in [0.3, 0.4) is 0 Å². The van der Waals surface area contributed by atoms with Gasteiger partial charge in [0.2, 0.25) is 5.91 Å². The van der Waals surface area contributed by atoms with Gasteiger partial charge in [0.15, 0.2) is 6.71 Å². The van der Waals surface area contributed by atoms with Gasteiger partial charge >= 0.3 is 0 Å². The molecule has 1 amide bonds. The monoisotopic (exact) mass is 257 g/mol. The van der Waals surface area contributed by atoms with Gasteiger partial charge < -0.3 is 5.73 Å². The van der Waals surface area contributed by atoms with Crippen molar-refractivity contribution in [3.05, 3.63) is 29.3 Å². The maximum atomic E-state index is 11.3. The molecule has 0 radical (unpaired) electrons. The Labute approximate surface area is 116 Å². The Hall–Kier alpha value is -1.25. The number of aryl methyl sites for hydroxylation is 1. The molecule has 2 N–H and O–H groups in total. The Morgan fingerprint density at radius 2 is 1.68 bits per heavy atom. The molecule has 0 aliphatic carbocycles. The van der Waals surface area contributed by atoms with E-state index in [1.54, 1.807) is 0 Å². The molecule has 0 saturated carbocycles. The summed E-state index contributed by atoms with van der Waals surface area (Å²) in [6.07, 6.45) is 2.41. The zero-order chi connectivity index (χ0) is 14.4. The van der Waals surface area contributed by atoms with Crippen molar-refractivity contribution in [3.8, 4) is 0 Å². The summed E-state index contributed by atoms with van der Waals surface area (Å²) in [5.41, 5.74) is 9.06. The van der Waals surface area contributed by atoms with E-state index in [0.29, 0.717) is 23.1 Å². The summed E-state index contributed by atoms with van der Waals surface area (Å²) in [4.78, 5) is 11.3. The van der Waals surface area contributed by atoms with Crippen LogP contribution in [0.25, 0.3) is 0 Å². The number of primary amides is 1. The van der Waals surface area contributed by atoms with E-state index < -0.39 is 0 Å². The van der Waals surface area contributed by atoms with E-state index in [1.807, 2.05) is 13.0 Å². The van der Waals surface area contributed by atoms with Crippen LogP contribution in [-0.2, 0) is 0 Å². The highest BCUT2D eigenvalue weighted by atomic mass is 16.1. The number of amides is 1. The third-order valence-electron chi connectivity index (χ3n) is 5.33. The second kappa shape index (κ2) is 4.40. The largest absolute Gasteiger partial charge is 0.366 e. The van der Waals surface area contributed by atoms with Crippen molar-refractivity contribution in [3.63, 3.8) is 0 Å². The fourth-order valence-electron chi connectivity index (χ4n) is 3.31. The van der Waals surface area contributed by atoms with Gasteiger partial charge in [-0.25, -0.2) is 0 Å². The Bertz CT molecular complexity index is 503. The maximum Gasteiger partial charge on any atom is 0.248 e. The van der Waals surface area contributed by atoms with Crippen LogP contribution in [0.1, 0.15) is 43.6 Å². The molecule has 1 fully saturated rings. The Balaban J connectivity index is 2.31. The van der Waals surface area contributed by atoms with Crippen molar-refractivity contribution in [2.24, 2.45) is 16.6 Å². The zero-order valence-corrected chi connectivity index (χ0v) is 12.7. The highest BCUT2D eigenvalue weighted by Gasteiger charge is 2.47. The first-order valence-electron chi connectivity index (χ1n) is 7.04. The Morgan fingerprint density at radius 3 is 2.11 bits per heavy atom. The highest BCUT2D eigenvalue weighted by molar-refractivity contribution is 6.74. The summed E-state index contributed by atoms with van der Waals surface area (Å²) in [6, 6.07) is 6.10. The number of hydrogen-bond acceptors (Lipinski definition) is 1. The highest BCUT2D eigenvalue weighted by Crippen LogP contribution is 2.52. The molecule has 0 atom stereocenters. The van der Waals surface area contributed by atoms with Crippen molar-refractivity contribution < 1.29 is 4.79 Å². The number of rotatable bonds is 2. The molecule has 0 bridgehead atoms. The molecule has 1 aliphatic rings. The van der Waals surface area contributed by atoms with Crippen LogP contribution in [-0.4, -0.2) is 12.6 Å². The molecule has 2 nitrogen and oxygen atoms in total. The molecule has 1 aromatic carbocycles. The van der Waals surface area contributed by atoms with Crippen LogP contribution >= 0.6 is 0 Å². The average molecular weight is 257 g/mol. The lowest BCUT2D eigenvalue weighted by molar-refractivity contribution is 0.1000. The molecule has 2 rings (SSSR count). The fourth-order valence-corrected chi connectivity index (χ4v) is 3.31. The predicted molar refractivity (Wildman–Crippen MR) is 82.3 cm³/mol. The molecule has 0 spiro atoms. The molecular weight excluding hydrogens is 233 g/mol. The van der Waals surface area contributed by atoms with Gasteiger partial charge in [-0.2, -0.15) is 0 Å². The van der Waals surface area contributed by atoms with Crippen molar-refractivity contribution in [2.75, 3.05) is 0 Å². The summed E-state index contributed by atoms with van der Waals surface area (Å²) < 4.78 is 0. The number of nitrogens with two attached hydrogens (primary N) is 1. The number of carbonyl (C=O) groups is 1. The molecular formula is C16H24BNO. The lowest BCUT2D eigenvalue weighted by Gasteiger charge is -2.35. The SMILES string of the molecule is Cc1cc(B2CC(C)(C)C(C)(C)C2)ccc1C(N)=O. The van der Waals surface area contributed by atoms with Crippen molar-refractivity contribution in [2.45, 2.75) is 47.3 Å². The number of hydrogen-bond donors (Lipinski definition) is 1. The van der Waals surface area contributed by atoms with Crippen LogP contribution < -0.4 is 11.2 Å². The summed E-state index contributed by atoms with van der Waals surface area (Å²) in [6.45, 7) is 12.0. The normalized spacial score (nSPS) is 20.6. The first-order valence-corrected chi connectivity index (χ1v) is 7.04. The van der Waals surface area contributed by atoms with Crippen molar-refractivity contribution >= 4 is 18.1 Å². The number of benzene rings is 1. The van der Waals surface area contributed by atoms with Gasteiger partial charge in [0, 0.05) is 5.56 Å². The lowest BCUT2D eigenvalue weighted by atomic mass is 9.42. The minimum Gasteiger partial charge on any atom is -0.366 e. The van der Waals surface area contributed by atoms with Crippen LogP contribution in [0.15, 0.2) is 18.2 Å². The summed E-state index contributed by atoms with van der Waals surface area (Å²) in [7, 11) is 0. The number of carbonyl (C=O) groups excluding carboxylic acids is 1. The van der Waals surface area contributed by atoms with Gasteiger partial charge in [-0.3, -0.25) is 4.79 Å². The van der Waals surface area contributed by atoms with Crippen molar-refractivity contribution in [1.29, 1.82) is 0 Å². The zero-order valence-electron chi connectivity index (χ0n) is 12.7. The minimum atomic E-state index is -0.337. The van der Waals surface area contributed by atoms with E-state index in [-0.39, 0.29) is 5.91 Å². The molecule has 1 saturated heterocycles. The van der Waals surface area contributed by atoms with E-state index >= 15 is 0 Å². The Kier molecular flexibility index (Phi) is 3.28. The van der Waals surface area contributed by atoms with Gasteiger partial charge in [-0.05, 0) is 29.4 Å². The minimum absolute atomic E-state index is 0.337. The van der Waals surface area contributed by atoms with E-state index in [9.17, 15) is 4.79 Å². The van der Waals surface area contributed by atoms with E-state index in [2.05, 4.69) is 39.8 Å². The predicted octanol–water partition coefficient (Wildman–Crippen LogP) is 2.86. The van der Waals surface area contributed by atoms with Crippen LogP contribution in [0.2, 0.25) is 12.6 Å².